The molecule has 3 aromatic carbocycles. The molecule has 2 N–H and O–H groups in total. The summed E-state index contributed by atoms with van der Waals surface area (Å²) in [5.41, 5.74) is 4.65. The lowest BCUT2D eigenvalue weighted by molar-refractivity contribution is 0.0527. The highest BCUT2D eigenvalue weighted by atomic mass is 16.5. The first-order valence-electron chi connectivity index (χ1n) is 12.0. The van der Waals surface area contributed by atoms with Crippen molar-refractivity contribution in [2.75, 3.05) is 19.8 Å². The number of rotatable bonds is 11. The number of hydrogen-bond acceptors (Lipinski definition) is 5. The first-order valence-corrected chi connectivity index (χ1v) is 12.0. The summed E-state index contributed by atoms with van der Waals surface area (Å²) in [5, 5.41) is 14.4. The van der Waals surface area contributed by atoms with E-state index in [-0.39, 0.29) is 12.6 Å². The second kappa shape index (κ2) is 11.7. The van der Waals surface area contributed by atoms with Crippen LogP contribution in [0, 0.1) is 6.92 Å². The zero-order chi connectivity index (χ0) is 24.6. The van der Waals surface area contributed by atoms with E-state index in [1.165, 1.54) is 0 Å². The van der Waals surface area contributed by atoms with E-state index in [4.69, 9.17) is 9.47 Å². The number of carbonyl (C=O) groups is 1. The van der Waals surface area contributed by atoms with Crippen LogP contribution in [0.25, 0.3) is 10.9 Å². The molecule has 0 bridgehead atoms. The van der Waals surface area contributed by atoms with Gasteiger partial charge in [-0.1, -0.05) is 60.7 Å². The molecule has 182 valence electrons. The molecule has 4 rings (SSSR count). The smallest absolute Gasteiger partial charge is 0.340 e. The van der Waals surface area contributed by atoms with Gasteiger partial charge in [0.15, 0.2) is 0 Å². The lowest BCUT2D eigenvalue weighted by Gasteiger charge is -2.14. The van der Waals surface area contributed by atoms with Crippen LogP contribution in [-0.4, -0.2) is 41.5 Å². The van der Waals surface area contributed by atoms with Crippen molar-refractivity contribution in [1.29, 1.82) is 0 Å². The summed E-state index contributed by atoms with van der Waals surface area (Å²) >= 11 is 0. The highest BCUT2D eigenvalue weighted by molar-refractivity contribution is 6.06. The standard InChI is InChI=1S/C29H32N2O4/c1-3-34-29(33)28-21(2)31(19-23-12-8-5-9-13-23)27-15-14-25(16-26(27)28)35-20-24(32)18-30-17-22-10-6-4-7-11-22/h4-16,24,30,32H,3,17-20H2,1-2H3/t24-/m1/s1. The minimum absolute atomic E-state index is 0.145. The fraction of sp³-hybridized carbons (Fsp3) is 0.276. The number of esters is 1. The van der Waals surface area contributed by atoms with Crippen molar-refractivity contribution in [2.45, 2.75) is 33.0 Å². The molecular weight excluding hydrogens is 440 g/mol. The molecule has 1 aromatic heterocycles. The van der Waals surface area contributed by atoms with Gasteiger partial charge in [-0.15, -0.1) is 0 Å². The Labute approximate surface area is 206 Å². The molecule has 0 saturated carbocycles. The highest BCUT2D eigenvalue weighted by Gasteiger charge is 2.22. The summed E-state index contributed by atoms with van der Waals surface area (Å²) < 4.78 is 13.4. The molecule has 0 radical (unpaired) electrons. The average molecular weight is 473 g/mol. The van der Waals surface area contributed by atoms with Gasteiger partial charge in [-0.05, 0) is 43.2 Å². The molecule has 0 unspecified atom stereocenters. The summed E-state index contributed by atoms with van der Waals surface area (Å²) in [4.78, 5) is 12.8. The van der Waals surface area contributed by atoms with Crippen molar-refractivity contribution >= 4 is 16.9 Å². The van der Waals surface area contributed by atoms with Crippen LogP contribution in [0.4, 0.5) is 0 Å². The summed E-state index contributed by atoms with van der Waals surface area (Å²) in [6.07, 6.45) is -0.664. The third kappa shape index (κ3) is 6.10. The van der Waals surface area contributed by atoms with Crippen molar-refractivity contribution in [3.63, 3.8) is 0 Å². The minimum atomic E-state index is -0.664. The predicted octanol–water partition coefficient (Wildman–Crippen LogP) is 4.70. The molecule has 6 nitrogen and oxygen atoms in total. The lowest BCUT2D eigenvalue weighted by atomic mass is 10.1. The van der Waals surface area contributed by atoms with Gasteiger partial charge in [0.25, 0.3) is 0 Å². The molecule has 0 aliphatic rings. The van der Waals surface area contributed by atoms with Crippen LogP contribution < -0.4 is 10.1 Å². The molecule has 0 amide bonds. The maximum absolute atomic E-state index is 12.8. The van der Waals surface area contributed by atoms with Crippen LogP contribution >= 0.6 is 0 Å². The largest absolute Gasteiger partial charge is 0.491 e. The van der Waals surface area contributed by atoms with Crippen molar-refractivity contribution in [3.8, 4) is 5.75 Å². The lowest BCUT2D eigenvalue weighted by Crippen LogP contribution is -2.31. The van der Waals surface area contributed by atoms with Gasteiger partial charge in [0.05, 0.1) is 12.2 Å². The molecule has 1 heterocycles. The van der Waals surface area contributed by atoms with Crippen molar-refractivity contribution in [3.05, 3.63) is 101 Å². The van der Waals surface area contributed by atoms with Gasteiger partial charge in [-0.3, -0.25) is 0 Å². The van der Waals surface area contributed by atoms with E-state index < -0.39 is 6.10 Å². The van der Waals surface area contributed by atoms with E-state index >= 15 is 0 Å². The summed E-state index contributed by atoms with van der Waals surface area (Å²) in [7, 11) is 0. The van der Waals surface area contributed by atoms with Crippen LogP contribution in [0.2, 0.25) is 0 Å². The number of aliphatic hydroxyl groups excluding tert-OH is 1. The Morgan fingerprint density at radius 2 is 1.69 bits per heavy atom. The van der Waals surface area contributed by atoms with Gasteiger partial charge in [0, 0.05) is 36.2 Å². The van der Waals surface area contributed by atoms with Crippen LogP contribution in [0.3, 0.4) is 0 Å². The molecule has 0 spiro atoms. The van der Waals surface area contributed by atoms with E-state index in [0.29, 0.717) is 37.6 Å². The molecule has 1 atom stereocenters. The van der Waals surface area contributed by atoms with Crippen LogP contribution in [-0.2, 0) is 17.8 Å². The van der Waals surface area contributed by atoms with Crippen molar-refractivity contribution in [2.24, 2.45) is 0 Å². The minimum Gasteiger partial charge on any atom is -0.491 e. The number of nitrogens with one attached hydrogen (secondary N) is 1. The van der Waals surface area contributed by atoms with E-state index in [2.05, 4.69) is 22.0 Å². The number of hydrogen-bond donors (Lipinski definition) is 2. The molecule has 0 aliphatic heterocycles. The average Bonchev–Trinajstić information content (AvgIpc) is 3.14. The molecule has 35 heavy (non-hydrogen) atoms. The summed E-state index contributed by atoms with van der Waals surface area (Å²) in [6.45, 7) is 5.94. The molecule has 6 heteroatoms. The van der Waals surface area contributed by atoms with Gasteiger partial charge in [0.2, 0.25) is 0 Å². The number of carbonyl (C=O) groups excluding carboxylic acids is 1. The SMILES string of the molecule is CCOC(=O)c1c(C)n(Cc2ccccc2)c2ccc(OC[C@H](O)CNCc3ccccc3)cc12. The quantitative estimate of drug-likeness (QED) is 0.310. The van der Waals surface area contributed by atoms with Gasteiger partial charge >= 0.3 is 5.97 Å². The van der Waals surface area contributed by atoms with Crippen molar-refractivity contribution in [1.82, 2.24) is 9.88 Å². The summed E-state index contributed by atoms with van der Waals surface area (Å²) in [5.74, 6) is 0.256. The zero-order valence-electron chi connectivity index (χ0n) is 20.2. The number of benzene rings is 3. The number of aliphatic hydroxyl groups is 1. The Bertz CT molecular complexity index is 1250. The van der Waals surface area contributed by atoms with Crippen molar-refractivity contribution < 1.29 is 19.4 Å². The summed E-state index contributed by atoms with van der Waals surface area (Å²) in [6, 6.07) is 25.9. The third-order valence-corrected chi connectivity index (χ3v) is 5.95. The maximum Gasteiger partial charge on any atom is 0.340 e. The normalized spacial score (nSPS) is 12.0. The molecule has 0 fully saturated rings. The first kappa shape index (κ1) is 24.5. The zero-order valence-corrected chi connectivity index (χ0v) is 20.2. The molecule has 0 saturated heterocycles. The van der Waals surface area contributed by atoms with Crippen LogP contribution in [0.1, 0.15) is 34.1 Å². The topological polar surface area (TPSA) is 72.7 Å². The Balaban J connectivity index is 1.49. The van der Waals surface area contributed by atoms with Crippen LogP contribution in [0.5, 0.6) is 5.75 Å². The maximum atomic E-state index is 12.8. The van der Waals surface area contributed by atoms with Gasteiger partial charge in [0.1, 0.15) is 18.5 Å². The Kier molecular flexibility index (Phi) is 8.19. The number of fused-ring (bicyclic) bond motifs is 1. The van der Waals surface area contributed by atoms with Crippen LogP contribution in [0.15, 0.2) is 78.9 Å². The van der Waals surface area contributed by atoms with E-state index in [1.807, 2.05) is 73.7 Å². The molecule has 4 aromatic rings. The Morgan fingerprint density at radius 1 is 1.00 bits per heavy atom. The van der Waals surface area contributed by atoms with E-state index in [0.717, 1.165) is 27.7 Å². The monoisotopic (exact) mass is 472 g/mol. The third-order valence-electron chi connectivity index (χ3n) is 5.95. The van der Waals surface area contributed by atoms with E-state index in [9.17, 15) is 9.90 Å². The first-order chi connectivity index (χ1) is 17.1. The molecule has 0 aliphatic carbocycles. The van der Waals surface area contributed by atoms with Gasteiger partial charge < -0.3 is 24.5 Å². The second-order valence-corrected chi connectivity index (χ2v) is 8.51. The molecular formula is C29H32N2O4. The van der Waals surface area contributed by atoms with Gasteiger partial charge in [-0.2, -0.15) is 0 Å². The number of aromatic nitrogens is 1. The predicted molar refractivity (Wildman–Crippen MR) is 138 cm³/mol. The Hall–Kier alpha value is -3.61. The highest BCUT2D eigenvalue weighted by Crippen LogP contribution is 2.31. The number of ether oxygens (including phenoxy) is 2. The fourth-order valence-electron chi connectivity index (χ4n) is 4.21. The van der Waals surface area contributed by atoms with E-state index in [1.54, 1.807) is 6.92 Å². The number of nitrogens with zero attached hydrogens (tertiary/aromatic N) is 1. The van der Waals surface area contributed by atoms with Gasteiger partial charge in [-0.25, -0.2) is 4.79 Å². The fourth-order valence-corrected chi connectivity index (χ4v) is 4.21. The Morgan fingerprint density at radius 3 is 2.37 bits per heavy atom. The second-order valence-electron chi connectivity index (χ2n) is 8.51.